The zero-order valence-electron chi connectivity index (χ0n) is 11.1. The molecular weight excluding hydrogens is 288 g/mol. The third-order valence-electron chi connectivity index (χ3n) is 2.73. The predicted octanol–water partition coefficient (Wildman–Crippen LogP) is 0.883. The van der Waals surface area contributed by atoms with E-state index in [1.54, 1.807) is 0 Å². The number of nitro groups is 1. The third kappa shape index (κ3) is 3.11. The topological polar surface area (TPSA) is 127 Å². The van der Waals surface area contributed by atoms with Gasteiger partial charge in [-0.25, -0.2) is 8.42 Å². The lowest BCUT2D eigenvalue weighted by Crippen LogP contribution is -2.30. The van der Waals surface area contributed by atoms with Crippen LogP contribution in [-0.4, -0.2) is 31.0 Å². The first kappa shape index (κ1) is 16.1. The lowest BCUT2D eigenvalue weighted by molar-refractivity contribution is -0.386. The maximum atomic E-state index is 12.1. The summed E-state index contributed by atoms with van der Waals surface area (Å²) in [6.07, 6.45) is 0. The summed E-state index contributed by atoms with van der Waals surface area (Å²) in [5.41, 5.74) is 0.377. The number of hydrogen-bond donors (Lipinski definition) is 2. The standard InChI is InChI=1S/C11H14N2O6S/c1-6-4-7(2)11(8(3)10(6)13(16)17)20(18,19)12-5-9(14)15/h4,12H,5H2,1-3H3,(H,14,15). The fourth-order valence-corrected chi connectivity index (χ4v) is 3.52. The van der Waals surface area contributed by atoms with Crippen molar-refractivity contribution in [2.45, 2.75) is 25.7 Å². The van der Waals surface area contributed by atoms with Crippen molar-refractivity contribution in [1.82, 2.24) is 4.72 Å². The Bertz CT molecular complexity index is 681. The van der Waals surface area contributed by atoms with Gasteiger partial charge in [0.2, 0.25) is 10.0 Å². The van der Waals surface area contributed by atoms with E-state index in [1.807, 2.05) is 4.72 Å². The van der Waals surface area contributed by atoms with Crippen LogP contribution >= 0.6 is 0 Å². The second kappa shape index (κ2) is 5.55. The molecule has 0 heterocycles. The van der Waals surface area contributed by atoms with Crippen molar-refractivity contribution in [2.24, 2.45) is 0 Å². The molecule has 0 saturated heterocycles. The summed E-state index contributed by atoms with van der Waals surface area (Å²) in [6.45, 7) is 3.55. The van der Waals surface area contributed by atoms with E-state index in [4.69, 9.17) is 5.11 Å². The molecule has 0 aliphatic heterocycles. The van der Waals surface area contributed by atoms with Crippen molar-refractivity contribution in [3.05, 3.63) is 32.9 Å². The monoisotopic (exact) mass is 302 g/mol. The molecule has 9 heteroatoms. The van der Waals surface area contributed by atoms with Crippen LogP contribution in [0.5, 0.6) is 0 Å². The molecule has 1 aromatic carbocycles. The first-order valence-corrected chi connectivity index (χ1v) is 7.03. The number of carboxylic acids is 1. The normalized spacial score (nSPS) is 11.3. The highest BCUT2D eigenvalue weighted by Crippen LogP contribution is 2.31. The second-order valence-corrected chi connectivity index (χ2v) is 5.99. The van der Waals surface area contributed by atoms with Gasteiger partial charge in [-0.15, -0.1) is 0 Å². The molecule has 0 unspecified atom stereocenters. The van der Waals surface area contributed by atoms with Crippen LogP contribution in [0.3, 0.4) is 0 Å². The smallest absolute Gasteiger partial charge is 0.318 e. The Morgan fingerprint density at radius 1 is 1.35 bits per heavy atom. The van der Waals surface area contributed by atoms with Crippen molar-refractivity contribution in [2.75, 3.05) is 6.54 Å². The molecular formula is C11H14N2O6S. The Hall–Kier alpha value is -2.00. The van der Waals surface area contributed by atoms with Crippen molar-refractivity contribution in [3.63, 3.8) is 0 Å². The number of nitrogens with one attached hydrogen (secondary N) is 1. The molecule has 1 aromatic rings. The molecule has 0 spiro atoms. The molecule has 0 saturated carbocycles. The van der Waals surface area contributed by atoms with E-state index in [-0.39, 0.29) is 16.1 Å². The highest BCUT2D eigenvalue weighted by Gasteiger charge is 2.27. The lowest BCUT2D eigenvalue weighted by atomic mass is 10.1. The molecule has 0 bridgehead atoms. The molecule has 20 heavy (non-hydrogen) atoms. The maximum absolute atomic E-state index is 12.1. The van der Waals surface area contributed by atoms with Gasteiger partial charge in [-0.1, -0.05) is 0 Å². The second-order valence-electron chi connectivity index (χ2n) is 4.29. The third-order valence-corrected chi connectivity index (χ3v) is 4.42. The number of nitrogens with zero attached hydrogens (tertiary/aromatic N) is 1. The Balaban J connectivity index is 3.49. The van der Waals surface area contributed by atoms with Gasteiger partial charge in [0.1, 0.15) is 6.54 Å². The van der Waals surface area contributed by atoms with Gasteiger partial charge < -0.3 is 5.11 Å². The van der Waals surface area contributed by atoms with E-state index in [0.29, 0.717) is 11.1 Å². The molecule has 0 aliphatic rings. The first-order chi connectivity index (χ1) is 9.08. The van der Waals surface area contributed by atoms with Crippen LogP contribution in [0.15, 0.2) is 11.0 Å². The number of hydrogen-bond acceptors (Lipinski definition) is 5. The average Bonchev–Trinajstić information content (AvgIpc) is 2.24. The Morgan fingerprint density at radius 3 is 2.35 bits per heavy atom. The summed E-state index contributed by atoms with van der Waals surface area (Å²) in [7, 11) is -4.12. The number of nitro benzene ring substituents is 1. The van der Waals surface area contributed by atoms with Crippen LogP contribution in [0.2, 0.25) is 0 Å². The number of carbonyl (C=O) groups is 1. The number of carboxylic acid groups (broad SMARTS) is 1. The molecule has 0 aliphatic carbocycles. The van der Waals surface area contributed by atoms with E-state index in [2.05, 4.69) is 0 Å². The molecule has 0 radical (unpaired) electrons. The summed E-state index contributed by atoms with van der Waals surface area (Å²) in [4.78, 5) is 20.5. The zero-order chi connectivity index (χ0) is 15.7. The minimum Gasteiger partial charge on any atom is -0.480 e. The SMILES string of the molecule is Cc1cc(C)c(S(=O)(=O)NCC(=O)O)c(C)c1[N+](=O)[O-]. The lowest BCUT2D eigenvalue weighted by Gasteiger charge is -2.13. The molecule has 0 aromatic heterocycles. The summed E-state index contributed by atoms with van der Waals surface area (Å²) in [5, 5.41) is 19.5. The number of benzene rings is 1. The molecule has 110 valence electrons. The largest absolute Gasteiger partial charge is 0.480 e. The van der Waals surface area contributed by atoms with Gasteiger partial charge in [0.15, 0.2) is 0 Å². The van der Waals surface area contributed by atoms with E-state index in [9.17, 15) is 23.3 Å². The summed E-state index contributed by atoms with van der Waals surface area (Å²) >= 11 is 0. The summed E-state index contributed by atoms with van der Waals surface area (Å²) in [6, 6.07) is 1.39. The van der Waals surface area contributed by atoms with Crippen LogP contribution in [0.4, 0.5) is 5.69 Å². The minimum atomic E-state index is -4.12. The van der Waals surface area contributed by atoms with Crippen molar-refractivity contribution in [3.8, 4) is 0 Å². The maximum Gasteiger partial charge on any atom is 0.318 e. The van der Waals surface area contributed by atoms with Gasteiger partial charge in [-0.3, -0.25) is 14.9 Å². The van der Waals surface area contributed by atoms with Crippen molar-refractivity contribution >= 4 is 21.7 Å². The van der Waals surface area contributed by atoms with E-state index in [0.717, 1.165) is 0 Å². The Kier molecular flexibility index (Phi) is 4.46. The molecule has 1 rings (SSSR count). The quantitative estimate of drug-likeness (QED) is 0.614. The van der Waals surface area contributed by atoms with Crippen LogP contribution < -0.4 is 4.72 Å². The molecule has 8 nitrogen and oxygen atoms in total. The minimum absolute atomic E-state index is 0.00890. The van der Waals surface area contributed by atoms with Gasteiger partial charge in [0, 0.05) is 11.1 Å². The van der Waals surface area contributed by atoms with Gasteiger partial charge in [-0.05, 0) is 32.4 Å². The van der Waals surface area contributed by atoms with Gasteiger partial charge in [0.05, 0.1) is 9.82 Å². The van der Waals surface area contributed by atoms with Crippen LogP contribution in [-0.2, 0) is 14.8 Å². The molecule has 0 amide bonds. The van der Waals surface area contributed by atoms with E-state index >= 15 is 0 Å². The summed E-state index contributed by atoms with van der Waals surface area (Å²) in [5.74, 6) is -1.34. The zero-order valence-corrected chi connectivity index (χ0v) is 11.9. The first-order valence-electron chi connectivity index (χ1n) is 5.54. The van der Waals surface area contributed by atoms with Gasteiger partial charge in [0.25, 0.3) is 5.69 Å². The average molecular weight is 302 g/mol. The number of aliphatic carboxylic acids is 1. The summed E-state index contributed by atoms with van der Waals surface area (Å²) < 4.78 is 26.0. The van der Waals surface area contributed by atoms with E-state index < -0.39 is 27.5 Å². The molecule has 2 N–H and O–H groups in total. The highest BCUT2D eigenvalue weighted by molar-refractivity contribution is 7.89. The fourth-order valence-electron chi connectivity index (χ4n) is 2.08. The molecule has 0 atom stereocenters. The van der Waals surface area contributed by atoms with Crippen LogP contribution in [0.25, 0.3) is 0 Å². The Morgan fingerprint density at radius 2 is 1.90 bits per heavy atom. The number of sulfonamides is 1. The van der Waals surface area contributed by atoms with E-state index in [1.165, 1.54) is 26.8 Å². The predicted molar refractivity (Wildman–Crippen MR) is 70.1 cm³/mol. The Labute approximate surface area is 115 Å². The van der Waals surface area contributed by atoms with Crippen LogP contribution in [0.1, 0.15) is 16.7 Å². The molecule has 0 fully saturated rings. The number of aryl methyl sites for hydroxylation is 2. The van der Waals surface area contributed by atoms with Gasteiger partial charge >= 0.3 is 5.97 Å². The van der Waals surface area contributed by atoms with Gasteiger partial charge in [-0.2, -0.15) is 4.72 Å². The highest BCUT2D eigenvalue weighted by atomic mass is 32.2. The van der Waals surface area contributed by atoms with Crippen LogP contribution in [0, 0.1) is 30.9 Å². The fraction of sp³-hybridized carbons (Fsp3) is 0.364. The van der Waals surface area contributed by atoms with Crippen molar-refractivity contribution in [1.29, 1.82) is 0 Å². The van der Waals surface area contributed by atoms with Crippen molar-refractivity contribution < 1.29 is 23.2 Å². The number of rotatable bonds is 5.